The van der Waals surface area contributed by atoms with E-state index in [9.17, 15) is 0 Å². The molecule has 0 spiro atoms. The summed E-state index contributed by atoms with van der Waals surface area (Å²) in [6.07, 6.45) is 0. The Balaban J connectivity index is 2.40. The first kappa shape index (κ1) is 14.0. The molecule has 17 heavy (non-hydrogen) atoms. The van der Waals surface area contributed by atoms with Gasteiger partial charge in [-0.15, -0.1) is 0 Å². The fraction of sp³-hybridized carbons (Fsp3) is 0.538. The topological polar surface area (TPSA) is 39.7 Å². The summed E-state index contributed by atoms with van der Waals surface area (Å²) in [6, 6.07) is 7.95. The molecule has 0 saturated heterocycles. The SMILES string of the molecule is CCOCOc1ccccc1CNCCOC. The first-order valence-corrected chi connectivity index (χ1v) is 5.86. The predicted molar refractivity (Wildman–Crippen MR) is 67.1 cm³/mol. The maximum atomic E-state index is 5.54. The second kappa shape index (κ2) is 8.98. The van der Waals surface area contributed by atoms with Crippen molar-refractivity contribution in [1.29, 1.82) is 0 Å². The molecule has 4 nitrogen and oxygen atoms in total. The number of benzene rings is 1. The highest BCUT2D eigenvalue weighted by Crippen LogP contribution is 2.17. The van der Waals surface area contributed by atoms with Crippen LogP contribution in [0.5, 0.6) is 5.75 Å². The molecule has 0 fully saturated rings. The summed E-state index contributed by atoms with van der Waals surface area (Å²) < 4.78 is 15.7. The van der Waals surface area contributed by atoms with E-state index in [1.807, 2.05) is 31.2 Å². The van der Waals surface area contributed by atoms with Gasteiger partial charge in [-0.3, -0.25) is 0 Å². The van der Waals surface area contributed by atoms with E-state index in [1.54, 1.807) is 7.11 Å². The van der Waals surface area contributed by atoms with Gasteiger partial charge in [0.1, 0.15) is 5.75 Å². The molecule has 1 aromatic carbocycles. The van der Waals surface area contributed by atoms with Crippen LogP contribution in [0.4, 0.5) is 0 Å². The average molecular weight is 239 g/mol. The van der Waals surface area contributed by atoms with Gasteiger partial charge in [0.25, 0.3) is 0 Å². The highest BCUT2D eigenvalue weighted by molar-refractivity contribution is 5.33. The molecule has 0 aliphatic heterocycles. The number of hydrogen-bond donors (Lipinski definition) is 1. The van der Waals surface area contributed by atoms with Gasteiger partial charge >= 0.3 is 0 Å². The summed E-state index contributed by atoms with van der Waals surface area (Å²) in [5.41, 5.74) is 1.13. The Kier molecular flexibility index (Phi) is 7.38. The van der Waals surface area contributed by atoms with E-state index in [-0.39, 0.29) is 0 Å². The van der Waals surface area contributed by atoms with Crippen LogP contribution in [0.1, 0.15) is 12.5 Å². The van der Waals surface area contributed by atoms with Gasteiger partial charge in [0.2, 0.25) is 0 Å². The molecular formula is C13H21NO3. The van der Waals surface area contributed by atoms with E-state index in [1.165, 1.54) is 0 Å². The summed E-state index contributed by atoms with van der Waals surface area (Å²) in [5.74, 6) is 0.867. The van der Waals surface area contributed by atoms with Crippen molar-refractivity contribution in [2.24, 2.45) is 0 Å². The molecule has 96 valence electrons. The lowest BCUT2D eigenvalue weighted by Gasteiger charge is -2.11. The number of rotatable bonds is 9. The minimum absolute atomic E-state index is 0.297. The van der Waals surface area contributed by atoms with Gasteiger partial charge in [0.15, 0.2) is 6.79 Å². The van der Waals surface area contributed by atoms with E-state index in [0.29, 0.717) is 20.0 Å². The summed E-state index contributed by atoms with van der Waals surface area (Å²) in [7, 11) is 1.70. The zero-order valence-electron chi connectivity index (χ0n) is 10.6. The van der Waals surface area contributed by atoms with Gasteiger partial charge < -0.3 is 19.5 Å². The summed E-state index contributed by atoms with van der Waals surface area (Å²) >= 11 is 0. The second-order valence-electron chi connectivity index (χ2n) is 3.53. The predicted octanol–water partition coefficient (Wildman–Crippen LogP) is 1.80. The fourth-order valence-electron chi connectivity index (χ4n) is 1.38. The molecule has 0 atom stereocenters. The van der Waals surface area contributed by atoms with Crippen molar-refractivity contribution in [3.05, 3.63) is 29.8 Å². The van der Waals surface area contributed by atoms with Gasteiger partial charge in [-0.2, -0.15) is 0 Å². The summed E-state index contributed by atoms with van der Waals surface area (Å²) in [4.78, 5) is 0. The zero-order valence-corrected chi connectivity index (χ0v) is 10.6. The van der Waals surface area contributed by atoms with Crippen molar-refractivity contribution in [2.75, 3.05) is 33.7 Å². The van der Waals surface area contributed by atoms with E-state index < -0.39 is 0 Å². The smallest absolute Gasteiger partial charge is 0.189 e. The van der Waals surface area contributed by atoms with Gasteiger partial charge in [-0.1, -0.05) is 18.2 Å². The number of ether oxygens (including phenoxy) is 3. The van der Waals surface area contributed by atoms with Crippen LogP contribution in [0.25, 0.3) is 0 Å². The summed E-state index contributed by atoms with van der Waals surface area (Å²) in [5, 5.41) is 3.29. The quantitative estimate of drug-likeness (QED) is 0.527. The largest absolute Gasteiger partial charge is 0.467 e. The lowest BCUT2D eigenvalue weighted by molar-refractivity contribution is 0.0218. The highest BCUT2D eigenvalue weighted by atomic mass is 16.7. The lowest BCUT2D eigenvalue weighted by atomic mass is 10.2. The maximum Gasteiger partial charge on any atom is 0.189 e. The lowest BCUT2D eigenvalue weighted by Crippen LogP contribution is -2.19. The fourth-order valence-corrected chi connectivity index (χ4v) is 1.38. The van der Waals surface area contributed by atoms with Crippen LogP contribution in [0.3, 0.4) is 0 Å². The molecule has 0 aliphatic rings. The number of nitrogens with one attached hydrogen (secondary N) is 1. The Morgan fingerprint density at radius 3 is 2.82 bits per heavy atom. The van der Waals surface area contributed by atoms with E-state index in [2.05, 4.69) is 5.32 Å². The molecule has 0 aromatic heterocycles. The van der Waals surface area contributed by atoms with Gasteiger partial charge in [0.05, 0.1) is 6.61 Å². The molecule has 0 radical (unpaired) electrons. The molecule has 1 rings (SSSR count). The van der Waals surface area contributed by atoms with Crippen molar-refractivity contribution >= 4 is 0 Å². The molecule has 1 aromatic rings. The Bertz CT molecular complexity index is 304. The van der Waals surface area contributed by atoms with Crippen LogP contribution in [-0.2, 0) is 16.0 Å². The Hall–Kier alpha value is -1.10. The number of hydrogen-bond acceptors (Lipinski definition) is 4. The molecular weight excluding hydrogens is 218 g/mol. The number of para-hydroxylation sites is 1. The standard InChI is InChI=1S/C13H21NO3/c1-3-16-11-17-13-7-5-4-6-12(13)10-14-8-9-15-2/h4-7,14H,3,8-11H2,1-2H3. The zero-order chi connectivity index (χ0) is 12.3. The highest BCUT2D eigenvalue weighted by Gasteiger charge is 2.01. The minimum Gasteiger partial charge on any atom is -0.467 e. The summed E-state index contributed by atoms with van der Waals surface area (Å²) in [6.45, 7) is 5.21. The van der Waals surface area contributed by atoms with Crippen molar-refractivity contribution in [3.63, 3.8) is 0 Å². The molecule has 0 bridgehead atoms. The van der Waals surface area contributed by atoms with Crippen molar-refractivity contribution in [3.8, 4) is 5.75 Å². The first-order chi connectivity index (χ1) is 8.38. The molecule has 0 aliphatic carbocycles. The molecule has 4 heteroatoms. The molecule has 0 heterocycles. The van der Waals surface area contributed by atoms with Crippen molar-refractivity contribution in [2.45, 2.75) is 13.5 Å². The van der Waals surface area contributed by atoms with E-state index >= 15 is 0 Å². The van der Waals surface area contributed by atoms with Gasteiger partial charge in [-0.25, -0.2) is 0 Å². The second-order valence-corrected chi connectivity index (χ2v) is 3.53. The Morgan fingerprint density at radius 1 is 1.24 bits per heavy atom. The van der Waals surface area contributed by atoms with Crippen LogP contribution in [0, 0.1) is 0 Å². The van der Waals surface area contributed by atoms with Crippen LogP contribution in [-0.4, -0.2) is 33.7 Å². The normalized spacial score (nSPS) is 10.5. The van der Waals surface area contributed by atoms with E-state index in [4.69, 9.17) is 14.2 Å². The molecule has 1 N–H and O–H groups in total. The molecule has 0 amide bonds. The van der Waals surface area contributed by atoms with E-state index in [0.717, 1.165) is 24.4 Å². The van der Waals surface area contributed by atoms with Crippen LogP contribution < -0.4 is 10.1 Å². The average Bonchev–Trinajstić information content (AvgIpc) is 2.36. The third-order valence-corrected chi connectivity index (χ3v) is 2.27. The Labute approximate surface area is 103 Å². The Morgan fingerprint density at radius 2 is 2.06 bits per heavy atom. The maximum absolute atomic E-state index is 5.54. The third-order valence-electron chi connectivity index (χ3n) is 2.27. The first-order valence-electron chi connectivity index (χ1n) is 5.86. The monoisotopic (exact) mass is 239 g/mol. The van der Waals surface area contributed by atoms with Gasteiger partial charge in [0, 0.05) is 32.4 Å². The number of methoxy groups -OCH3 is 1. The van der Waals surface area contributed by atoms with Crippen LogP contribution in [0.2, 0.25) is 0 Å². The van der Waals surface area contributed by atoms with Crippen molar-refractivity contribution in [1.82, 2.24) is 5.32 Å². The van der Waals surface area contributed by atoms with Crippen LogP contribution >= 0.6 is 0 Å². The molecule has 0 saturated carbocycles. The minimum atomic E-state index is 0.297. The van der Waals surface area contributed by atoms with Crippen molar-refractivity contribution < 1.29 is 14.2 Å². The van der Waals surface area contributed by atoms with Crippen LogP contribution in [0.15, 0.2) is 24.3 Å². The molecule has 0 unspecified atom stereocenters. The third kappa shape index (κ3) is 5.68. The van der Waals surface area contributed by atoms with Gasteiger partial charge in [-0.05, 0) is 13.0 Å².